The number of amides is 1. The molecule has 0 spiro atoms. The zero-order valence-corrected chi connectivity index (χ0v) is 21.8. The lowest BCUT2D eigenvalue weighted by molar-refractivity contribution is -0.127. The monoisotopic (exact) mass is 537 g/mol. The molecule has 0 aromatic rings. The van der Waals surface area contributed by atoms with E-state index in [1.54, 1.807) is 19.0 Å². The Hall–Kier alpha value is -0.610. The Morgan fingerprint density at radius 3 is 2.37 bits per heavy atom. The molecule has 7 nitrogen and oxygen atoms in total. The number of nitrogens with one attached hydrogen (secondary N) is 2. The largest absolute Gasteiger partial charge is 0.376 e. The molecule has 8 heteroatoms. The van der Waals surface area contributed by atoms with Crippen LogP contribution >= 0.6 is 24.0 Å². The average Bonchev–Trinajstić information content (AvgIpc) is 2.99. The summed E-state index contributed by atoms with van der Waals surface area (Å²) in [5, 5.41) is 6.94. The van der Waals surface area contributed by atoms with Gasteiger partial charge in [0.2, 0.25) is 5.91 Å². The first kappa shape index (κ1) is 27.4. The molecule has 2 aliphatic heterocycles. The quantitative estimate of drug-likeness (QED) is 0.283. The molecule has 30 heavy (non-hydrogen) atoms. The highest BCUT2D eigenvalue weighted by atomic mass is 127. The molecule has 2 unspecified atom stereocenters. The maximum atomic E-state index is 12.0. The third-order valence-electron chi connectivity index (χ3n) is 6.00. The number of hydrogen-bond acceptors (Lipinski definition) is 4. The highest BCUT2D eigenvalue weighted by molar-refractivity contribution is 14.0. The molecule has 0 aromatic heterocycles. The number of rotatable bonds is 8. The molecular weight excluding hydrogens is 493 g/mol. The van der Waals surface area contributed by atoms with Crippen LogP contribution < -0.4 is 10.6 Å². The highest BCUT2D eigenvalue weighted by Gasteiger charge is 2.23. The smallest absolute Gasteiger partial charge is 0.243 e. The number of carbonyl (C=O) groups excluding carboxylic acids is 1. The van der Waals surface area contributed by atoms with Gasteiger partial charge in [-0.15, -0.1) is 24.0 Å². The highest BCUT2D eigenvalue weighted by Crippen LogP contribution is 2.17. The average molecular weight is 538 g/mol. The number of guanidine groups is 1. The Balaban J connectivity index is 0.00000450. The van der Waals surface area contributed by atoms with E-state index in [4.69, 9.17) is 4.74 Å². The molecule has 2 aliphatic rings. The van der Waals surface area contributed by atoms with Gasteiger partial charge in [-0.3, -0.25) is 9.69 Å². The van der Waals surface area contributed by atoms with E-state index in [1.165, 1.54) is 45.2 Å². The topological polar surface area (TPSA) is 69.2 Å². The molecule has 0 bridgehead atoms. The number of halogens is 1. The summed E-state index contributed by atoms with van der Waals surface area (Å²) in [6, 6.07) is 0.468. The van der Waals surface area contributed by atoms with Crippen molar-refractivity contribution in [1.29, 1.82) is 0 Å². The molecule has 2 N–H and O–H groups in total. The fraction of sp³-hybridized carbons (Fsp3) is 0.909. The van der Waals surface area contributed by atoms with Crippen molar-refractivity contribution >= 4 is 35.8 Å². The molecule has 2 saturated heterocycles. The van der Waals surface area contributed by atoms with Crippen molar-refractivity contribution in [1.82, 2.24) is 20.4 Å². The molecular formula is C22H44IN5O2. The first-order valence-corrected chi connectivity index (χ1v) is 11.6. The number of likely N-dealkylation sites (N-methyl/N-ethyl adjacent to an activating group) is 1. The molecule has 2 heterocycles. The van der Waals surface area contributed by atoms with Crippen molar-refractivity contribution in [3.8, 4) is 0 Å². The summed E-state index contributed by atoms with van der Waals surface area (Å²) in [6.45, 7) is 9.53. The van der Waals surface area contributed by atoms with Gasteiger partial charge in [0.15, 0.2) is 5.96 Å². The van der Waals surface area contributed by atoms with Crippen LogP contribution in [-0.2, 0) is 9.53 Å². The van der Waals surface area contributed by atoms with E-state index in [0.29, 0.717) is 12.0 Å². The second-order valence-corrected chi connectivity index (χ2v) is 8.96. The van der Waals surface area contributed by atoms with Crippen LogP contribution in [0.1, 0.15) is 58.8 Å². The summed E-state index contributed by atoms with van der Waals surface area (Å²) >= 11 is 0. The minimum absolute atomic E-state index is 0. The van der Waals surface area contributed by atoms with Crippen LogP contribution in [0.2, 0.25) is 0 Å². The normalized spacial score (nSPS) is 22.0. The summed E-state index contributed by atoms with van der Waals surface area (Å²) < 4.78 is 5.84. The lowest BCUT2D eigenvalue weighted by Crippen LogP contribution is -2.51. The van der Waals surface area contributed by atoms with Crippen molar-refractivity contribution in [2.24, 2.45) is 10.9 Å². The second kappa shape index (κ2) is 15.2. The van der Waals surface area contributed by atoms with Crippen LogP contribution in [0.15, 0.2) is 4.99 Å². The molecule has 0 saturated carbocycles. The van der Waals surface area contributed by atoms with Crippen LogP contribution in [0.25, 0.3) is 0 Å². The van der Waals surface area contributed by atoms with Gasteiger partial charge >= 0.3 is 0 Å². The molecule has 0 aromatic carbocycles. The predicted octanol–water partition coefficient (Wildman–Crippen LogP) is 2.70. The van der Waals surface area contributed by atoms with Crippen molar-refractivity contribution in [3.63, 3.8) is 0 Å². The van der Waals surface area contributed by atoms with E-state index in [2.05, 4.69) is 34.4 Å². The minimum atomic E-state index is 0. The molecule has 0 radical (unpaired) electrons. The van der Waals surface area contributed by atoms with Crippen LogP contribution in [0.5, 0.6) is 0 Å². The van der Waals surface area contributed by atoms with Gasteiger partial charge in [0.25, 0.3) is 0 Å². The van der Waals surface area contributed by atoms with Crippen LogP contribution in [0.3, 0.4) is 0 Å². The summed E-state index contributed by atoms with van der Waals surface area (Å²) in [5.41, 5.74) is 0. The molecule has 2 fully saturated rings. The van der Waals surface area contributed by atoms with Gasteiger partial charge in [-0.2, -0.15) is 0 Å². The lowest BCUT2D eigenvalue weighted by Gasteiger charge is -2.34. The van der Waals surface area contributed by atoms with E-state index in [1.807, 2.05) is 0 Å². The molecule has 2 rings (SSSR count). The SMILES string of the molecule is CC(C)C(CNC(=NCC(=O)N(C)C)NCC1CCCCO1)N1CCCCCC1.I. The van der Waals surface area contributed by atoms with Crippen molar-refractivity contribution in [2.45, 2.75) is 70.9 Å². The lowest BCUT2D eigenvalue weighted by atomic mass is 10.0. The maximum Gasteiger partial charge on any atom is 0.243 e. The fourth-order valence-electron chi connectivity index (χ4n) is 4.06. The number of ether oxygens (including phenoxy) is 1. The third kappa shape index (κ3) is 10.1. The Morgan fingerprint density at radius 2 is 1.80 bits per heavy atom. The first-order chi connectivity index (χ1) is 14.0. The Kier molecular flexibility index (Phi) is 13.9. The second-order valence-electron chi connectivity index (χ2n) is 8.96. The van der Waals surface area contributed by atoms with E-state index >= 15 is 0 Å². The summed E-state index contributed by atoms with van der Waals surface area (Å²) in [7, 11) is 3.53. The van der Waals surface area contributed by atoms with Gasteiger partial charge < -0.3 is 20.3 Å². The number of carbonyl (C=O) groups is 1. The predicted molar refractivity (Wildman–Crippen MR) is 135 cm³/mol. The van der Waals surface area contributed by atoms with Crippen LogP contribution in [0.4, 0.5) is 0 Å². The van der Waals surface area contributed by atoms with Gasteiger partial charge in [0.05, 0.1) is 6.10 Å². The van der Waals surface area contributed by atoms with E-state index in [9.17, 15) is 4.79 Å². The Morgan fingerprint density at radius 1 is 1.10 bits per heavy atom. The molecule has 0 aliphatic carbocycles. The fourth-order valence-corrected chi connectivity index (χ4v) is 4.06. The molecule has 1 amide bonds. The van der Waals surface area contributed by atoms with Gasteiger partial charge in [0.1, 0.15) is 6.54 Å². The van der Waals surface area contributed by atoms with Gasteiger partial charge in [-0.05, 0) is 51.1 Å². The zero-order valence-electron chi connectivity index (χ0n) is 19.5. The maximum absolute atomic E-state index is 12.0. The molecule has 176 valence electrons. The van der Waals surface area contributed by atoms with E-state index in [-0.39, 0.29) is 42.5 Å². The minimum Gasteiger partial charge on any atom is -0.376 e. The van der Waals surface area contributed by atoms with E-state index < -0.39 is 0 Å². The number of aliphatic imine (C=N–C) groups is 1. The van der Waals surface area contributed by atoms with Crippen molar-refractivity contribution < 1.29 is 9.53 Å². The van der Waals surface area contributed by atoms with Gasteiger partial charge in [-0.1, -0.05) is 26.7 Å². The zero-order chi connectivity index (χ0) is 21.1. The van der Waals surface area contributed by atoms with Gasteiger partial charge in [-0.25, -0.2) is 4.99 Å². The summed E-state index contributed by atoms with van der Waals surface area (Å²) in [4.78, 5) is 20.8. The van der Waals surface area contributed by atoms with Crippen molar-refractivity contribution in [2.75, 3.05) is 53.4 Å². The summed E-state index contributed by atoms with van der Waals surface area (Å²) in [5.74, 6) is 1.29. The summed E-state index contributed by atoms with van der Waals surface area (Å²) in [6.07, 6.45) is 8.95. The number of hydrogen-bond donors (Lipinski definition) is 2. The van der Waals surface area contributed by atoms with Gasteiger partial charge in [0, 0.05) is 39.8 Å². The van der Waals surface area contributed by atoms with Crippen molar-refractivity contribution in [3.05, 3.63) is 0 Å². The Labute approximate surface area is 200 Å². The third-order valence-corrected chi connectivity index (χ3v) is 6.00. The number of likely N-dealkylation sites (tertiary alicyclic amines) is 1. The number of nitrogens with zero attached hydrogens (tertiary/aromatic N) is 3. The van der Waals surface area contributed by atoms with Crippen LogP contribution in [-0.4, -0.2) is 87.2 Å². The Bertz CT molecular complexity index is 502. The molecule has 2 atom stereocenters. The standard InChI is InChI=1S/C22H43N5O2.HI/c1-18(2)20(27-12-8-5-6-9-13-27)16-24-22(25-17-21(28)26(3)4)23-15-19-11-7-10-14-29-19;/h18-20H,5-17H2,1-4H3,(H2,23,24,25);1H. The van der Waals surface area contributed by atoms with Crippen LogP contribution in [0, 0.1) is 5.92 Å². The van der Waals surface area contributed by atoms with E-state index in [0.717, 1.165) is 38.5 Å². The first-order valence-electron chi connectivity index (χ1n) is 11.6.